The van der Waals surface area contributed by atoms with E-state index in [1.807, 2.05) is 24.3 Å². The average molecular weight is 449 g/mol. The normalized spacial score (nSPS) is 15.7. The average Bonchev–Trinajstić information content (AvgIpc) is 3.50. The van der Waals surface area contributed by atoms with Crippen LogP contribution in [0.25, 0.3) is 11.0 Å². The molecule has 7 heteroatoms. The van der Waals surface area contributed by atoms with E-state index in [0.29, 0.717) is 24.7 Å². The van der Waals surface area contributed by atoms with Crippen LogP contribution in [0.4, 0.5) is 5.69 Å². The van der Waals surface area contributed by atoms with Crippen molar-refractivity contribution in [1.82, 2.24) is 4.90 Å². The number of furan rings is 2. The smallest absolute Gasteiger partial charge is 0.291 e. The molecule has 2 aromatic heterocycles. The SMILES string of the molecule is CSc1ccc([C@@H](c2oc3ccccc3c2NC(=O)c2ccco2)N2CCOCC2)cc1. The van der Waals surface area contributed by atoms with Gasteiger partial charge in [-0.3, -0.25) is 9.69 Å². The van der Waals surface area contributed by atoms with Gasteiger partial charge in [0.15, 0.2) is 5.76 Å². The highest BCUT2D eigenvalue weighted by molar-refractivity contribution is 7.98. The molecule has 0 unspecified atom stereocenters. The number of anilines is 1. The predicted octanol–water partition coefficient (Wildman–Crippen LogP) is 5.42. The van der Waals surface area contributed by atoms with E-state index >= 15 is 0 Å². The first-order valence-electron chi connectivity index (χ1n) is 10.6. The fourth-order valence-electron chi connectivity index (χ4n) is 4.12. The minimum absolute atomic E-state index is 0.158. The van der Waals surface area contributed by atoms with Gasteiger partial charge in [0.2, 0.25) is 0 Å². The van der Waals surface area contributed by atoms with E-state index in [1.165, 1.54) is 11.2 Å². The molecule has 3 heterocycles. The van der Waals surface area contributed by atoms with Crippen LogP contribution in [0.1, 0.15) is 27.9 Å². The number of nitrogens with one attached hydrogen (secondary N) is 1. The van der Waals surface area contributed by atoms with Crippen molar-refractivity contribution in [2.75, 3.05) is 37.9 Å². The van der Waals surface area contributed by atoms with Crippen LogP contribution in [0.3, 0.4) is 0 Å². The Kier molecular flexibility index (Phi) is 6.03. The number of benzene rings is 2. The molecule has 5 rings (SSSR count). The molecule has 2 aromatic carbocycles. The maximum absolute atomic E-state index is 12.9. The van der Waals surface area contributed by atoms with Gasteiger partial charge in [0.05, 0.1) is 31.2 Å². The first-order chi connectivity index (χ1) is 15.7. The summed E-state index contributed by atoms with van der Waals surface area (Å²) in [6, 6.07) is 19.5. The second-order valence-electron chi connectivity index (χ2n) is 7.59. The van der Waals surface area contributed by atoms with Crippen molar-refractivity contribution >= 4 is 34.3 Å². The number of amides is 1. The largest absolute Gasteiger partial charge is 0.459 e. The summed E-state index contributed by atoms with van der Waals surface area (Å²) in [7, 11) is 0. The zero-order valence-electron chi connectivity index (χ0n) is 17.7. The summed E-state index contributed by atoms with van der Waals surface area (Å²) in [5, 5.41) is 3.92. The standard InChI is InChI=1S/C25H24N2O4S/c1-32-18-10-8-17(9-11-18)23(27-12-15-29-16-13-27)24-22(19-5-2-3-6-20(19)31-24)26-25(28)21-7-4-14-30-21/h2-11,14,23H,12-13,15-16H2,1H3,(H,26,28)/t23-/m0/s1. The lowest BCUT2D eigenvalue weighted by molar-refractivity contribution is 0.0206. The molecule has 1 saturated heterocycles. The fourth-order valence-corrected chi connectivity index (χ4v) is 4.53. The van der Waals surface area contributed by atoms with Crippen molar-refractivity contribution < 1.29 is 18.4 Å². The molecule has 1 amide bonds. The molecule has 0 saturated carbocycles. The highest BCUT2D eigenvalue weighted by Crippen LogP contribution is 2.41. The summed E-state index contributed by atoms with van der Waals surface area (Å²) in [5.74, 6) is 0.666. The van der Waals surface area contributed by atoms with Crippen molar-refractivity contribution in [2.24, 2.45) is 0 Å². The lowest BCUT2D eigenvalue weighted by atomic mass is 10.0. The molecule has 0 radical (unpaired) electrons. The predicted molar refractivity (Wildman–Crippen MR) is 125 cm³/mol. The Morgan fingerprint density at radius 1 is 1.03 bits per heavy atom. The number of nitrogens with zero attached hydrogens (tertiary/aromatic N) is 1. The summed E-state index contributed by atoms with van der Waals surface area (Å²) in [5.41, 5.74) is 2.51. The van der Waals surface area contributed by atoms with Crippen LogP contribution in [0, 0.1) is 0 Å². The number of para-hydroxylation sites is 1. The van der Waals surface area contributed by atoms with Crippen molar-refractivity contribution in [3.8, 4) is 0 Å². The number of rotatable bonds is 6. The van der Waals surface area contributed by atoms with Crippen LogP contribution in [0.15, 0.2) is 80.7 Å². The molecular weight excluding hydrogens is 424 g/mol. The van der Waals surface area contributed by atoms with Crippen molar-refractivity contribution in [3.63, 3.8) is 0 Å². The third-order valence-corrected chi connectivity index (χ3v) is 6.44. The van der Waals surface area contributed by atoms with E-state index in [-0.39, 0.29) is 17.7 Å². The van der Waals surface area contributed by atoms with Crippen LogP contribution in [-0.2, 0) is 4.74 Å². The molecule has 1 aliphatic rings. The monoisotopic (exact) mass is 448 g/mol. The Labute approximate surface area is 190 Å². The summed E-state index contributed by atoms with van der Waals surface area (Å²) < 4.78 is 17.3. The number of hydrogen-bond acceptors (Lipinski definition) is 6. The van der Waals surface area contributed by atoms with E-state index < -0.39 is 0 Å². The van der Waals surface area contributed by atoms with Gasteiger partial charge in [-0.2, -0.15) is 0 Å². The second-order valence-corrected chi connectivity index (χ2v) is 8.47. The quantitative estimate of drug-likeness (QED) is 0.397. The molecule has 164 valence electrons. The molecule has 0 aliphatic carbocycles. The van der Waals surface area contributed by atoms with Gasteiger partial charge in [0.1, 0.15) is 11.3 Å². The Bertz CT molecular complexity index is 1190. The number of morpholine rings is 1. The number of thioether (sulfide) groups is 1. The van der Waals surface area contributed by atoms with Gasteiger partial charge < -0.3 is 18.9 Å². The van der Waals surface area contributed by atoms with E-state index in [4.69, 9.17) is 13.6 Å². The van der Waals surface area contributed by atoms with E-state index in [1.54, 1.807) is 23.9 Å². The summed E-state index contributed by atoms with van der Waals surface area (Å²) in [4.78, 5) is 16.4. The minimum atomic E-state index is -0.304. The van der Waals surface area contributed by atoms with Crippen molar-refractivity contribution in [1.29, 1.82) is 0 Å². The lowest BCUT2D eigenvalue weighted by Gasteiger charge is -2.34. The maximum atomic E-state index is 12.9. The van der Waals surface area contributed by atoms with Gasteiger partial charge >= 0.3 is 0 Å². The Morgan fingerprint density at radius 3 is 2.53 bits per heavy atom. The number of carbonyl (C=O) groups excluding carboxylic acids is 1. The number of carbonyl (C=O) groups is 1. The van der Waals surface area contributed by atoms with Crippen molar-refractivity contribution in [3.05, 3.63) is 84.0 Å². The summed E-state index contributed by atoms with van der Waals surface area (Å²) in [6.45, 7) is 2.87. The number of fused-ring (bicyclic) bond motifs is 1. The molecule has 1 fully saturated rings. The van der Waals surface area contributed by atoms with E-state index in [9.17, 15) is 4.79 Å². The van der Waals surface area contributed by atoms with Gasteiger partial charge in [-0.15, -0.1) is 11.8 Å². The third-order valence-electron chi connectivity index (χ3n) is 5.70. The maximum Gasteiger partial charge on any atom is 0.291 e. The molecule has 6 nitrogen and oxygen atoms in total. The van der Waals surface area contributed by atoms with Crippen molar-refractivity contribution in [2.45, 2.75) is 10.9 Å². The fraction of sp³-hybridized carbons (Fsp3) is 0.240. The Hall–Kier alpha value is -3.00. The minimum Gasteiger partial charge on any atom is -0.459 e. The Balaban J connectivity index is 1.63. The molecule has 1 atom stereocenters. The first kappa shape index (κ1) is 20.9. The molecular formula is C25H24N2O4S. The molecule has 0 bridgehead atoms. The topological polar surface area (TPSA) is 67.9 Å². The zero-order valence-corrected chi connectivity index (χ0v) is 18.6. The number of hydrogen-bond donors (Lipinski definition) is 1. The van der Waals surface area contributed by atoms with Gasteiger partial charge in [-0.25, -0.2) is 0 Å². The number of ether oxygens (including phenoxy) is 1. The second kappa shape index (κ2) is 9.24. The van der Waals surface area contributed by atoms with Crippen LogP contribution in [0.5, 0.6) is 0 Å². The van der Waals surface area contributed by atoms with Gasteiger partial charge in [0, 0.05) is 23.4 Å². The lowest BCUT2D eigenvalue weighted by Crippen LogP contribution is -2.39. The highest BCUT2D eigenvalue weighted by atomic mass is 32.2. The molecule has 32 heavy (non-hydrogen) atoms. The first-order valence-corrected chi connectivity index (χ1v) is 11.8. The van der Waals surface area contributed by atoms with Gasteiger partial charge in [-0.1, -0.05) is 24.3 Å². The molecule has 1 aliphatic heterocycles. The van der Waals surface area contributed by atoms with Crippen LogP contribution >= 0.6 is 11.8 Å². The summed E-state index contributed by atoms with van der Waals surface area (Å²) in [6.07, 6.45) is 3.56. The highest BCUT2D eigenvalue weighted by Gasteiger charge is 2.31. The van der Waals surface area contributed by atoms with E-state index in [2.05, 4.69) is 40.7 Å². The van der Waals surface area contributed by atoms with Crippen LogP contribution in [-0.4, -0.2) is 43.4 Å². The van der Waals surface area contributed by atoms with Gasteiger partial charge in [0.25, 0.3) is 5.91 Å². The zero-order chi connectivity index (χ0) is 21.9. The van der Waals surface area contributed by atoms with Gasteiger partial charge in [-0.05, 0) is 48.2 Å². The van der Waals surface area contributed by atoms with E-state index in [0.717, 1.165) is 29.6 Å². The third kappa shape index (κ3) is 4.07. The summed E-state index contributed by atoms with van der Waals surface area (Å²) >= 11 is 1.71. The molecule has 0 spiro atoms. The van der Waals surface area contributed by atoms with Crippen LogP contribution in [0.2, 0.25) is 0 Å². The molecule has 4 aromatic rings. The van der Waals surface area contributed by atoms with Crippen LogP contribution < -0.4 is 5.32 Å². The molecule has 1 N–H and O–H groups in total. The Morgan fingerprint density at radius 2 is 1.81 bits per heavy atom.